The third-order valence-electron chi connectivity index (χ3n) is 3.62. The molecule has 0 unspecified atom stereocenters. The zero-order valence-electron chi connectivity index (χ0n) is 11.9. The van der Waals surface area contributed by atoms with Crippen molar-refractivity contribution < 1.29 is 8.42 Å². The van der Waals surface area contributed by atoms with Crippen LogP contribution in [-0.2, 0) is 15.8 Å². The van der Waals surface area contributed by atoms with Gasteiger partial charge < -0.3 is 4.90 Å². The molecule has 0 atom stereocenters. The Labute approximate surface area is 122 Å². The van der Waals surface area contributed by atoms with Crippen LogP contribution in [0.15, 0.2) is 30.3 Å². The molecule has 0 radical (unpaired) electrons. The average Bonchev–Trinajstić information content (AvgIpc) is 2.45. The van der Waals surface area contributed by atoms with Crippen LogP contribution in [0.25, 0.3) is 0 Å². The summed E-state index contributed by atoms with van der Waals surface area (Å²) in [7, 11) is -3.21. The molecule has 1 aromatic rings. The van der Waals surface area contributed by atoms with Gasteiger partial charge in [-0.05, 0) is 44.5 Å². The maximum absolute atomic E-state index is 11.9. The van der Waals surface area contributed by atoms with Crippen molar-refractivity contribution in [2.75, 3.05) is 26.2 Å². The Morgan fingerprint density at radius 2 is 1.75 bits per heavy atom. The lowest BCUT2D eigenvalue weighted by Gasteiger charge is -2.26. The van der Waals surface area contributed by atoms with Crippen molar-refractivity contribution in [1.82, 2.24) is 9.62 Å². The highest BCUT2D eigenvalue weighted by molar-refractivity contribution is 7.88. The number of rotatable bonds is 7. The molecule has 5 heteroatoms. The molecule has 2 rings (SSSR count). The number of benzene rings is 1. The average molecular weight is 296 g/mol. The van der Waals surface area contributed by atoms with Gasteiger partial charge in [-0.3, -0.25) is 0 Å². The third kappa shape index (κ3) is 5.61. The second-order valence-electron chi connectivity index (χ2n) is 5.39. The number of likely N-dealkylation sites (tertiary alicyclic amines) is 1. The van der Waals surface area contributed by atoms with Crippen molar-refractivity contribution in [3.8, 4) is 0 Å². The largest absolute Gasteiger partial charge is 0.303 e. The SMILES string of the molecule is O=S(=O)(Cc1ccccc1)NCCCN1CCCCC1. The molecule has 0 bridgehead atoms. The Kier molecular flexibility index (Phi) is 6.01. The lowest BCUT2D eigenvalue weighted by molar-refractivity contribution is 0.227. The van der Waals surface area contributed by atoms with E-state index in [-0.39, 0.29) is 5.75 Å². The van der Waals surface area contributed by atoms with E-state index in [0.29, 0.717) is 6.54 Å². The summed E-state index contributed by atoms with van der Waals surface area (Å²) in [5.74, 6) is 0.0670. The summed E-state index contributed by atoms with van der Waals surface area (Å²) in [5.41, 5.74) is 0.830. The smallest absolute Gasteiger partial charge is 0.215 e. The summed E-state index contributed by atoms with van der Waals surface area (Å²) in [6.07, 6.45) is 4.77. The molecule has 112 valence electrons. The van der Waals surface area contributed by atoms with Crippen LogP contribution in [0.4, 0.5) is 0 Å². The Morgan fingerprint density at radius 1 is 1.05 bits per heavy atom. The molecule has 1 aliphatic rings. The molecular formula is C15H24N2O2S. The number of nitrogens with one attached hydrogen (secondary N) is 1. The molecule has 4 nitrogen and oxygen atoms in total. The van der Waals surface area contributed by atoms with Gasteiger partial charge in [0.1, 0.15) is 0 Å². The number of nitrogens with zero attached hydrogens (tertiary/aromatic N) is 1. The van der Waals surface area contributed by atoms with Crippen molar-refractivity contribution in [2.45, 2.75) is 31.4 Å². The van der Waals surface area contributed by atoms with E-state index >= 15 is 0 Å². The van der Waals surface area contributed by atoms with Crippen LogP contribution in [0.2, 0.25) is 0 Å². The van der Waals surface area contributed by atoms with Gasteiger partial charge in [0.2, 0.25) is 10.0 Å². The predicted octanol–water partition coefficient (Wildman–Crippen LogP) is 1.98. The Bertz CT molecular complexity index is 482. The fraction of sp³-hybridized carbons (Fsp3) is 0.600. The predicted molar refractivity (Wildman–Crippen MR) is 82.0 cm³/mol. The van der Waals surface area contributed by atoms with Gasteiger partial charge in [0.15, 0.2) is 0 Å². The van der Waals surface area contributed by atoms with Gasteiger partial charge in [0.05, 0.1) is 5.75 Å². The van der Waals surface area contributed by atoms with Crippen molar-refractivity contribution in [2.24, 2.45) is 0 Å². The summed E-state index contributed by atoms with van der Waals surface area (Å²) in [4.78, 5) is 2.43. The van der Waals surface area contributed by atoms with Crippen LogP contribution >= 0.6 is 0 Å². The first kappa shape index (κ1) is 15.5. The first-order valence-corrected chi connectivity index (χ1v) is 9.04. The monoisotopic (exact) mass is 296 g/mol. The number of hydrogen-bond donors (Lipinski definition) is 1. The van der Waals surface area contributed by atoms with Crippen molar-refractivity contribution in [3.63, 3.8) is 0 Å². The van der Waals surface area contributed by atoms with E-state index in [9.17, 15) is 8.42 Å². The third-order valence-corrected chi connectivity index (χ3v) is 4.98. The lowest BCUT2D eigenvalue weighted by Crippen LogP contribution is -2.33. The fourth-order valence-corrected chi connectivity index (χ4v) is 3.75. The minimum Gasteiger partial charge on any atom is -0.303 e. The summed E-state index contributed by atoms with van der Waals surface area (Å²) in [6.45, 7) is 3.85. The highest BCUT2D eigenvalue weighted by atomic mass is 32.2. The van der Waals surface area contributed by atoms with Gasteiger partial charge in [0.25, 0.3) is 0 Å². The number of sulfonamides is 1. The molecule has 1 aromatic carbocycles. The fourth-order valence-electron chi connectivity index (χ4n) is 2.56. The zero-order chi connectivity index (χ0) is 14.3. The van der Waals surface area contributed by atoms with Crippen LogP contribution < -0.4 is 4.72 Å². The standard InChI is InChI=1S/C15H24N2O2S/c18-20(19,14-15-8-3-1-4-9-15)16-10-7-13-17-11-5-2-6-12-17/h1,3-4,8-9,16H,2,5-7,10-14H2. The van der Waals surface area contributed by atoms with Crippen LogP contribution in [0.5, 0.6) is 0 Å². The molecule has 1 saturated heterocycles. The highest BCUT2D eigenvalue weighted by Gasteiger charge is 2.12. The molecule has 1 N–H and O–H groups in total. The van der Waals surface area contributed by atoms with E-state index in [4.69, 9.17) is 0 Å². The van der Waals surface area contributed by atoms with E-state index in [1.165, 1.54) is 19.3 Å². The van der Waals surface area contributed by atoms with E-state index in [2.05, 4.69) is 9.62 Å². The number of piperidine rings is 1. The molecule has 20 heavy (non-hydrogen) atoms. The van der Waals surface area contributed by atoms with E-state index in [1.54, 1.807) is 0 Å². The van der Waals surface area contributed by atoms with E-state index in [1.807, 2.05) is 30.3 Å². The van der Waals surface area contributed by atoms with Gasteiger partial charge in [-0.15, -0.1) is 0 Å². The topological polar surface area (TPSA) is 49.4 Å². The van der Waals surface area contributed by atoms with Crippen molar-refractivity contribution in [1.29, 1.82) is 0 Å². The second kappa shape index (κ2) is 7.76. The normalized spacial score (nSPS) is 17.2. The molecule has 0 aromatic heterocycles. The van der Waals surface area contributed by atoms with Crippen LogP contribution in [0.3, 0.4) is 0 Å². The quantitative estimate of drug-likeness (QED) is 0.783. The van der Waals surface area contributed by atoms with Crippen LogP contribution in [0, 0.1) is 0 Å². The Morgan fingerprint density at radius 3 is 2.45 bits per heavy atom. The molecule has 0 amide bonds. The minimum atomic E-state index is -3.21. The van der Waals surface area contributed by atoms with Gasteiger partial charge in [0, 0.05) is 6.54 Å². The minimum absolute atomic E-state index is 0.0670. The summed E-state index contributed by atoms with van der Waals surface area (Å²) in [6, 6.07) is 9.30. The van der Waals surface area contributed by atoms with Gasteiger partial charge in [-0.1, -0.05) is 36.8 Å². The zero-order valence-corrected chi connectivity index (χ0v) is 12.7. The van der Waals surface area contributed by atoms with Crippen LogP contribution in [-0.4, -0.2) is 39.5 Å². The lowest BCUT2D eigenvalue weighted by atomic mass is 10.1. The summed E-state index contributed by atoms with van der Waals surface area (Å²) in [5, 5.41) is 0. The summed E-state index contributed by atoms with van der Waals surface area (Å²) < 4.78 is 26.5. The van der Waals surface area contributed by atoms with Gasteiger partial charge in [-0.25, -0.2) is 13.1 Å². The Balaban J connectivity index is 1.67. The van der Waals surface area contributed by atoms with Crippen LogP contribution in [0.1, 0.15) is 31.2 Å². The Hall–Kier alpha value is -0.910. The van der Waals surface area contributed by atoms with Gasteiger partial charge >= 0.3 is 0 Å². The molecule has 1 aliphatic heterocycles. The molecule has 0 spiro atoms. The molecule has 1 heterocycles. The molecule has 0 aliphatic carbocycles. The van der Waals surface area contributed by atoms with E-state index < -0.39 is 10.0 Å². The molecule has 1 fully saturated rings. The van der Waals surface area contributed by atoms with Crippen molar-refractivity contribution >= 4 is 10.0 Å². The highest BCUT2D eigenvalue weighted by Crippen LogP contribution is 2.08. The summed E-state index contributed by atoms with van der Waals surface area (Å²) >= 11 is 0. The first-order valence-electron chi connectivity index (χ1n) is 7.39. The molecule has 0 saturated carbocycles. The second-order valence-corrected chi connectivity index (χ2v) is 7.20. The molecular weight excluding hydrogens is 272 g/mol. The maximum Gasteiger partial charge on any atom is 0.215 e. The maximum atomic E-state index is 11.9. The van der Waals surface area contributed by atoms with Gasteiger partial charge in [-0.2, -0.15) is 0 Å². The first-order chi connectivity index (χ1) is 9.66. The number of hydrogen-bond acceptors (Lipinski definition) is 3. The van der Waals surface area contributed by atoms with Crippen molar-refractivity contribution in [3.05, 3.63) is 35.9 Å². The van der Waals surface area contributed by atoms with E-state index in [0.717, 1.165) is 31.6 Å².